The number of nitrogens with one attached hydrogen (secondary N) is 1. The Morgan fingerprint density at radius 2 is 1.90 bits per heavy atom. The summed E-state index contributed by atoms with van der Waals surface area (Å²) >= 11 is 5.78. The molecule has 0 saturated carbocycles. The molecule has 0 aliphatic rings. The van der Waals surface area contributed by atoms with Crippen molar-refractivity contribution in [1.29, 1.82) is 0 Å². The number of likely N-dealkylation sites (N-methyl/N-ethyl adjacent to an activating group) is 1. The van der Waals surface area contributed by atoms with Crippen LogP contribution in [-0.2, 0) is 11.3 Å². The Bertz CT molecular complexity index is 444. The van der Waals surface area contributed by atoms with Gasteiger partial charge in [0.2, 0.25) is 5.91 Å². The van der Waals surface area contributed by atoms with Crippen LogP contribution in [0.4, 0.5) is 0 Å². The standard InChI is InChI=1S/C16H25ClN2O2/c1-16(2,12-17)15(20)18-11-13-5-7-14(8-6-13)21-10-9-19(3)4/h5-8H,9-12H2,1-4H3,(H,18,20). The summed E-state index contributed by atoms with van der Waals surface area (Å²) in [7, 11) is 4.02. The highest BCUT2D eigenvalue weighted by Gasteiger charge is 2.25. The molecule has 1 aromatic carbocycles. The predicted octanol–water partition coefficient (Wildman–Crippen LogP) is 2.51. The second-order valence-corrected chi connectivity index (χ2v) is 6.26. The van der Waals surface area contributed by atoms with Gasteiger partial charge < -0.3 is 15.0 Å². The monoisotopic (exact) mass is 312 g/mol. The van der Waals surface area contributed by atoms with Gasteiger partial charge in [-0.15, -0.1) is 11.6 Å². The summed E-state index contributed by atoms with van der Waals surface area (Å²) in [6, 6.07) is 7.76. The first-order chi connectivity index (χ1) is 9.85. The fourth-order valence-corrected chi connectivity index (χ4v) is 1.65. The van der Waals surface area contributed by atoms with Gasteiger partial charge in [-0.2, -0.15) is 0 Å². The van der Waals surface area contributed by atoms with Gasteiger partial charge in [0.25, 0.3) is 0 Å². The molecule has 1 rings (SSSR count). The van der Waals surface area contributed by atoms with E-state index in [4.69, 9.17) is 16.3 Å². The molecule has 0 aromatic heterocycles. The van der Waals surface area contributed by atoms with E-state index in [1.807, 2.05) is 52.2 Å². The van der Waals surface area contributed by atoms with E-state index in [9.17, 15) is 4.79 Å². The van der Waals surface area contributed by atoms with Gasteiger partial charge in [0.1, 0.15) is 12.4 Å². The van der Waals surface area contributed by atoms with E-state index in [0.717, 1.165) is 17.9 Å². The molecule has 0 aliphatic heterocycles. The van der Waals surface area contributed by atoms with E-state index in [-0.39, 0.29) is 5.91 Å². The van der Waals surface area contributed by atoms with E-state index in [2.05, 4.69) is 10.2 Å². The van der Waals surface area contributed by atoms with Crippen LogP contribution < -0.4 is 10.1 Å². The fourth-order valence-electron chi connectivity index (χ4n) is 1.53. The topological polar surface area (TPSA) is 41.6 Å². The van der Waals surface area contributed by atoms with E-state index < -0.39 is 5.41 Å². The van der Waals surface area contributed by atoms with Gasteiger partial charge >= 0.3 is 0 Å². The van der Waals surface area contributed by atoms with Crippen molar-refractivity contribution in [1.82, 2.24) is 10.2 Å². The van der Waals surface area contributed by atoms with Crippen LogP contribution in [0.2, 0.25) is 0 Å². The number of halogens is 1. The number of rotatable bonds is 8. The highest BCUT2D eigenvalue weighted by Crippen LogP contribution is 2.17. The van der Waals surface area contributed by atoms with Crippen molar-refractivity contribution in [2.45, 2.75) is 20.4 Å². The average molecular weight is 313 g/mol. The van der Waals surface area contributed by atoms with Crippen molar-refractivity contribution in [3.8, 4) is 5.75 Å². The van der Waals surface area contributed by atoms with Crippen molar-refractivity contribution in [3.63, 3.8) is 0 Å². The Hall–Kier alpha value is -1.26. The minimum absolute atomic E-state index is 0.0381. The molecule has 0 atom stereocenters. The van der Waals surface area contributed by atoms with Crippen LogP contribution in [0, 0.1) is 5.41 Å². The average Bonchev–Trinajstić information content (AvgIpc) is 2.45. The largest absolute Gasteiger partial charge is 0.492 e. The molecule has 0 spiro atoms. The zero-order valence-corrected chi connectivity index (χ0v) is 14.0. The van der Waals surface area contributed by atoms with Gasteiger partial charge in [0, 0.05) is 19.0 Å². The Morgan fingerprint density at radius 3 is 2.43 bits per heavy atom. The SMILES string of the molecule is CN(C)CCOc1ccc(CNC(=O)C(C)(C)CCl)cc1. The van der Waals surface area contributed by atoms with E-state index in [0.29, 0.717) is 19.0 Å². The maximum Gasteiger partial charge on any atom is 0.227 e. The molecular weight excluding hydrogens is 288 g/mol. The number of carbonyl (C=O) groups is 1. The molecule has 1 aromatic rings. The first-order valence-electron chi connectivity index (χ1n) is 7.06. The van der Waals surface area contributed by atoms with Gasteiger partial charge in [-0.25, -0.2) is 0 Å². The second-order valence-electron chi connectivity index (χ2n) is 6.00. The van der Waals surface area contributed by atoms with Crippen LogP contribution in [-0.4, -0.2) is 43.9 Å². The summed E-state index contributed by atoms with van der Waals surface area (Å²) in [5.41, 5.74) is 0.491. The number of alkyl halides is 1. The molecule has 0 heterocycles. The van der Waals surface area contributed by atoms with Crippen molar-refractivity contribution in [2.24, 2.45) is 5.41 Å². The maximum atomic E-state index is 11.9. The molecule has 0 radical (unpaired) electrons. The molecule has 0 unspecified atom stereocenters. The van der Waals surface area contributed by atoms with Gasteiger partial charge in [0.05, 0.1) is 5.41 Å². The van der Waals surface area contributed by atoms with Crippen molar-refractivity contribution in [2.75, 3.05) is 33.1 Å². The van der Waals surface area contributed by atoms with E-state index in [1.54, 1.807) is 0 Å². The van der Waals surface area contributed by atoms with Gasteiger partial charge in [-0.1, -0.05) is 12.1 Å². The number of carbonyl (C=O) groups excluding carboxylic acids is 1. The molecule has 5 heteroatoms. The molecule has 1 N–H and O–H groups in total. The number of ether oxygens (including phenoxy) is 1. The molecule has 1 amide bonds. The maximum absolute atomic E-state index is 11.9. The van der Waals surface area contributed by atoms with Crippen molar-refractivity contribution in [3.05, 3.63) is 29.8 Å². The Kier molecular flexibility index (Phi) is 6.99. The summed E-state index contributed by atoms with van der Waals surface area (Å²) in [6.45, 7) is 5.70. The lowest BCUT2D eigenvalue weighted by Gasteiger charge is -2.20. The van der Waals surface area contributed by atoms with Crippen LogP contribution in [0.1, 0.15) is 19.4 Å². The third-order valence-corrected chi connectivity index (χ3v) is 3.80. The molecule has 4 nitrogen and oxygen atoms in total. The molecule has 118 valence electrons. The van der Waals surface area contributed by atoms with Crippen molar-refractivity contribution < 1.29 is 9.53 Å². The van der Waals surface area contributed by atoms with E-state index >= 15 is 0 Å². The second kappa shape index (κ2) is 8.25. The zero-order valence-electron chi connectivity index (χ0n) is 13.3. The lowest BCUT2D eigenvalue weighted by Crippen LogP contribution is -2.37. The van der Waals surface area contributed by atoms with Gasteiger partial charge in [0.15, 0.2) is 0 Å². The zero-order chi connectivity index (χ0) is 15.9. The highest BCUT2D eigenvalue weighted by atomic mass is 35.5. The van der Waals surface area contributed by atoms with Crippen molar-refractivity contribution >= 4 is 17.5 Å². The van der Waals surface area contributed by atoms with Crippen LogP contribution in [0.25, 0.3) is 0 Å². The number of hydrogen-bond acceptors (Lipinski definition) is 3. The summed E-state index contributed by atoms with van der Waals surface area (Å²) in [5, 5.41) is 2.90. The quantitative estimate of drug-likeness (QED) is 0.750. The first-order valence-corrected chi connectivity index (χ1v) is 7.59. The lowest BCUT2D eigenvalue weighted by molar-refractivity contribution is -0.128. The number of nitrogens with zero attached hydrogens (tertiary/aromatic N) is 1. The summed E-state index contributed by atoms with van der Waals surface area (Å²) in [4.78, 5) is 14.0. The molecule has 0 fully saturated rings. The lowest BCUT2D eigenvalue weighted by atomic mass is 9.95. The highest BCUT2D eigenvalue weighted by molar-refractivity contribution is 6.19. The Labute approximate surface area is 132 Å². The molecule has 0 aliphatic carbocycles. The minimum Gasteiger partial charge on any atom is -0.492 e. The van der Waals surface area contributed by atoms with Gasteiger partial charge in [-0.05, 0) is 45.6 Å². The third-order valence-electron chi connectivity index (χ3n) is 3.13. The first kappa shape index (κ1) is 17.8. The molecule has 0 saturated heterocycles. The van der Waals surface area contributed by atoms with Crippen LogP contribution in [0.15, 0.2) is 24.3 Å². The minimum atomic E-state index is -0.545. The number of amides is 1. The predicted molar refractivity (Wildman–Crippen MR) is 86.8 cm³/mol. The molecular formula is C16H25ClN2O2. The molecule has 21 heavy (non-hydrogen) atoms. The van der Waals surface area contributed by atoms with Crippen LogP contribution in [0.5, 0.6) is 5.75 Å². The van der Waals surface area contributed by atoms with Crippen LogP contribution >= 0.6 is 11.6 Å². The Morgan fingerprint density at radius 1 is 1.29 bits per heavy atom. The number of hydrogen-bond donors (Lipinski definition) is 1. The Balaban J connectivity index is 2.42. The third kappa shape index (κ3) is 6.36. The summed E-state index contributed by atoms with van der Waals surface area (Å²) in [6.07, 6.45) is 0. The molecule has 0 bridgehead atoms. The smallest absolute Gasteiger partial charge is 0.227 e. The summed E-state index contributed by atoms with van der Waals surface area (Å²) < 4.78 is 5.62. The summed E-state index contributed by atoms with van der Waals surface area (Å²) in [5.74, 6) is 1.11. The van der Waals surface area contributed by atoms with E-state index in [1.165, 1.54) is 0 Å². The van der Waals surface area contributed by atoms with Gasteiger partial charge in [-0.3, -0.25) is 4.79 Å². The number of benzene rings is 1. The van der Waals surface area contributed by atoms with Crippen LogP contribution in [0.3, 0.4) is 0 Å². The fraction of sp³-hybridized carbons (Fsp3) is 0.562. The normalized spacial score (nSPS) is 11.5.